The van der Waals surface area contributed by atoms with Crippen molar-refractivity contribution in [2.45, 2.75) is 20.8 Å². The first kappa shape index (κ1) is 19.5. The molecule has 1 N–H and O–H groups in total. The predicted molar refractivity (Wildman–Crippen MR) is 114 cm³/mol. The molecule has 0 aliphatic carbocycles. The molecule has 1 heterocycles. The fourth-order valence-electron chi connectivity index (χ4n) is 3.08. The largest absolute Gasteiger partial charge is 0.320 e. The van der Waals surface area contributed by atoms with Gasteiger partial charge in [-0.05, 0) is 62.7 Å². The van der Waals surface area contributed by atoms with Gasteiger partial charge in [0.05, 0.1) is 10.7 Å². The SMILES string of the molecule is Cc1ccc(-n2c(C)cc(/C=C(/C#N)C(=O)Nc3ccccc3Cl)c2C)cc1. The van der Waals surface area contributed by atoms with E-state index >= 15 is 0 Å². The van der Waals surface area contributed by atoms with Crippen LogP contribution in [0.5, 0.6) is 0 Å². The maximum atomic E-state index is 12.5. The standard InChI is InChI=1S/C23H20ClN3O/c1-15-8-10-20(11-9-15)27-16(2)12-18(17(27)3)13-19(14-25)23(28)26-22-7-5-4-6-21(22)24/h4-13H,1-3H3,(H,26,28)/b19-13-. The number of carbonyl (C=O) groups excluding carboxylic acids is 1. The number of rotatable bonds is 4. The maximum absolute atomic E-state index is 12.5. The first-order valence-corrected chi connectivity index (χ1v) is 9.22. The lowest BCUT2D eigenvalue weighted by Gasteiger charge is -2.10. The van der Waals surface area contributed by atoms with Crippen LogP contribution in [0.1, 0.15) is 22.5 Å². The second kappa shape index (κ2) is 8.16. The molecule has 28 heavy (non-hydrogen) atoms. The Bertz CT molecular complexity index is 1100. The molecule has 0 bridgehead atoms. The van der Waals surface area contributed by atoms with Gasteiger partial charge in [0, 0.05) is 17.1 Å². The highest BCUT2D eigenvalue weighted by atomic mass is 35.5. The summed E-state index contributed by atoms with van der Waals surface area (Å²) in [4.78, 5) is 12.5. The van der Waals surface area contributed by atoms with Gasteiger partial charge in [0.25, 0.3) is 5.91 Å². The molecule has 0 fully saturated rings. The van der Waals surface area contributed by atoms with E-state index in [0.29, 0.717) is 10.7 Å². The number of anilines is 1. The highest BCUT2D eigenvalue weighted by Crippen LogP contribution is 2.24. The third-order valence-electron chi connectivity index (χ3n) is 4.55. The third kappa shape index (κ3) is 4.00. The van der Waals surface area contributed by atoms with Crippen LogP contribution in [0.25, 0.3) is 11.8 Å². The van der Waals surface area contributed by atoms with Crippen LogP contribution in [0, 0.1) is 32.1 Å². The topological polar surface area (TPSA) is 57.8 Å². The van der Waals surface area contributed by atoms with Crippen molar-refractivity contribution < 1.29 is 4.79 Å². The molecule has 0 spiro atoms. The van der Waals surface area contributed by atoms with Crippen molar-refractivity contribution in [3.05, 3.63) is 87.7 Å². The quantitative estimate of drug-likeness (QED) is 0.466. The van der Waals surface area contributed by atoms with Crippen LogP contribution in [0.4, 0.5) is 5.69 Å². The Morgan fingerprint density at radius 2 is 1.79 bits per heavy atom. The lowest BCUT2D eigenvalue weighted by Crippen LogP contribution is -2.13. The predicted octanol–water partition coefficient (Wildman–Crippen LogP) is 5.60. The van der Waals surface area contributed by atoms with E-state index in [9.17, 15) is 10.1 Å². The summed E-state index contributed by atoms with van der Waals surface area (Å²) in [5, 5.41) is 12.6. The molecule has 3 rings (SSSR count). The van der Waals surface area contributed by atoms with Crippen molar-refractivity contribution in [2.75, 3.05) is 5.32 Å². The highest BCUT2D eigenvalue weighted by molar-refractivity contribution is 6.34. The lowest BCUT2D eigenvalue weighted by molar-refractivity contribution is -0.112. The van der Waals surface area contributed by atoms with Crippen molar-refractivity contribution in [2.24, 2.45) is 0 Å². The first-order chi connectivity index (χ1) is 13.4. The second-order valence-corrected chi connectivity index (χ2v) is 7.01. The number of hydrogen-bond acceptors (Lipinski definition) is 2. The molecule has 0 unspecified atom stereocenters. The molecule has 0 aliphatic rings. The number of aryl methyl sites for hydroxylation is 2. The molecule has 0 radical (unpaired) electrons. The van der Waals surface area contributed by atoms with Crippen LogP contribution >= 0.6 is 11.6 Å². The van der Waals surface area contributed by atoms with Gasteiger partial charge in [0.2, 0.25) is 0 Å². The molecule has 2 aromatic carbocycles. The summed E-state index contributed by atoms with van der Waals surface area (Å²) in [6.45, 7) is 6.02. The molecule has 0 aliphatic heterocycles. The first-order valence-electron chi connectivity index (χ1n) is 8.84. The average molecular weight is 390 g/mol. The summed E-state index contributed by atoms with van der Waals surface area (Å²) in [6.07, 6.45) is 1.61. The molecule has 1 aromatic heterocycles. The monoisotopic (exact) mass is 389 g/mol. The third-order valence-corrected chi connectivity index (χ3v) is 4.88. The number of benzene rings is 2. The van der Waals surface area contributed by atoms with Gasteiger partial charge in [-0.15, -0.1) is 0 Å². The summed E-state index contributed by atoms with van der Waals surface area (Å²) in [6, 6.07) is 19.1. The molecule has 0 saturated carbocycles. The number of aromatic nitrogens is 1. The van der Waals surface area contributed by atoms with Gasteiger partial charge < -0.3 is 9.88 Å². The lowest BCUT2D eigenvalue weighted by atomic mass is 10.1. The number of carbonyl (C=O) groups is 1. The Morgan fingerprint density at radius 3 is 2.43 bits per heavy atom. The summed E-state index contributed by atoms with van der Waals surface area (Å²) in [5.74, 6) is -0.490. The van der Waals surface area contributed by atoms with E-state index in [1.165, 1.54) is 5.56 Å². The van der Waals surface area contributed by atoms with Crippen LogP contribution in [-0.2, 0) is 4.79 Å². The maximum Gasteiger partial charge on any atom is 0.266 e. The molecule has 0 saturated heterocycles. The van der Waals surface area contributed by atoms with Gasteiger partial charge in [-0.3, -0.25) is 4.79 Å². The van der Waals surface area contributed by atoms with E-state index in [-0.39, 0.29) is 5.57 Å². The highest BCUT2D eigenvalue weighted by Gasteiger charge is 2.14. The van der Waals surface area contributed by atoms with E-state index in [2.05, 4.69) is 34.1 Å². The fraction of sp³-hybridized carbons (Fsp3) is 0.130. The number of amides is 1. The zero-order valence-electron chi connectivity index (χ0n) is 16.0. The molecular formula is C23H20ClN3O. The summed E-state index contributed by atoms with van der Waals surface area (Å²) in [5.41, 5.74) is 5.53. The van der Waals surface area contributed by atoms with E-state index < -0.39 is 5.91 Å². The van der Waals surface area contributed by atoms with E-state index in [0.717, 1.165) is 22.6 Å². The van der Waals surface area contributed by atoms with Gasteiger partial charge in [-0.1, -0.05) is 41.4 Å². The van der Waals surface area contributed by atoms with Gasteiger partial charge >= 0.3 is 0 Å². The fourth-order valence-corrected chi connectivity index (χ4v) is 3.26. The Hall–Kier alpha value is -3.29. The van der Waals surface area contributed by atoms with Crippen LogP contribution in [0.3, 0.4) is 0 Å². The van der Waals surface area contributed by atoms with Crippen molar-refractivity contribution in [3.8, 4) is 11.8 Å². The average Bonchev–Trinajstić information content (AvgIpc) is 2.95. The smallest absolute Gasteiger partial charge is 0.266 e. The Balaban J connectivity index is 1.94. The molecular weight excluding hydrogens is 370 g/mol. The second-order valence-electron chi connectivity index (χ2n) is 6.60. The Kier molecular flexibility index (Phi) is 5.67. The molecule has 1 amide bonds. The van der Waals surface area contributed by atoms with Gasteiger partial charge in [-0.25, -0.2) is 0 Å². The summed E-state index contributed by atoms with van der Waals surface area (Å²) in [7, 11) is 0. The number of hydrogen-bond donors (Lipinski definition) is 1. The Labute approximate surface area is 169 Å². The van der Waals surface area contributed by atoms with Crippen LogP contribution in [0.2, 0.25) is 5.02 Å². The zero-order valence-corrected chi connectivity index (χ0v) is 16.7. The number of nitriles is 1. The minimum atomic E-state index is -0.490. The summed E-state index contributed by atoms with van der Waals surface area (Å²) < 4.78 is 2.10. The van der Waals surface area contributed by atoms with Crippen molar-refractivity contribution in [1.82, 2.24) is 4.57 Å². The molecule has 4 nitrogen and oxygen atoms in total. The zero-order chi connectivity index (χ0) is 20.3. The summed E-state index contributed by atoms with van der Waals surface area (Å²) >= 11 is 6.08. The Morgan fingerprint density at radius 1 is 1.11 bits per heavy atom. The minimum absolute atomic E-state index is 0.0177. The van der Waals surface area contributed by atoms with Gasteiger partial charge in [-0.2, -0.15) is 5.26 Å². The van der Waals surface area contributed by atoms with Gasteiger partial charge in [0.15, 0.2) is 0 Å². The van der Waals surface area contributed by atoms with Crippen LogP contribution < -0.4 is 5.32 Å². The van der Waals surface area contributed by atoms with Crippen LogP contribution in [0.15, 0.2) is 60.2 Å². The number of para-hydroxylation sites is 1. The minimum Gasteiger partial charge on any atom is -0.320 e. The molecule has 140 valence electrons. The molecule has 0 atom stereocenters. The van der Waals surface area contributed by atoms with Crippen molar-refractivity contribution in [3.63, 3.8) is 0 Å². The number of nitrogens with zero attached hydrogens (tertiary/aromatic N) is 2. The van der Waals surface area contributed by atoms with Gasteiger partial charge in [0.1, 0.15) is 11.6 Å². The van der Waals surface area contributed by atoms with Crippen molar-refractivity contribution in [1.29, 1.82) is 5.26 Å². The molecule has 3 aromatic rings. The molecule has 5 heteroatoms. The van der Waals surface area contributed by atoms with Crippen molar-refractivity contribution >= 4 is 29.3 Å². The van der Waals surface area contributed by atoms with Crippen LogP contribution in [-0.4, -0.2) is 10.5 Å². The van der Waals surface area contributed by atoms with E-state index in [1.54, 1.807) is 30.3 Å². The van der Waals surface area contributed by atoms with E-state index in [1.807, 2.05) is 32.9 Å². The number of nitrogens with one attached hydrogen (secondary N) is 1. The normalized spacial score (nSPS) is 11.2. The van der Waals surface area contributed by atoms with E-state index in [4.69, 9.17) is 11.6 Å². The number of halogens is 1.